The van der Waals surface area contributed by atoms with Crippen molar-refractivity contribution in [1.29, 1.82) is 0 Å². The Bertz CT molecular complexity index is 808. The number of nitrogens with zero attached hydrogens (tertiary/aromatic N) is 1. The third-order valence-corrected chi connectivity index (χ3v) is 5.89. The fraction of sp³-hybridized carbons (Fsp3) is 0.353. The molecule has 0 atom stereocenters. The third kappa shape index (κ3) is 3.85. The zero-order valence-electron chi connectivity index (χ0n) is 14.1. The van der Waals surface area contributed by atoms with Gasteiger partial charge in [0.05, 0.1) is 11.2 Å². The maximum Gasteiger partial charge on any atom is 0.251 e. The highest BCUT2D eigenvalue weighted by atomic mass is 32.2. The van der Waals surface area contributed by atoms with Crippen molar-refractivity contribution in [2.75, 3.05) is 13.1 Å². The molecule has 0 aliphatic carbocycles. The van der Waals surface area contributed by atoms with Crippen LogP contribution in [-0.4, -0.2) is 31.7 Å². The minimum absolute atomic E-state index is 0.123. The van der Waals surface area contributed by atoms with Crippen LogP contribution >= 0.6 is 0 Å². The van der Waals surface area contributed by atoms with Crippen molar-refractivity contribution in [1.82, 2.24) is 9.62 Å². The van der Waals surface area contributed by atoms with E-state index in [9.17, 15) is 13.2 Å². The van der Waals surface area contributed by atoms with Crippen LogP contribution in [0.25, 0.3) is 0 Å². The molecule has 2 aromatic rings. The van der Waals surface area contributed by atoms with Crippen LogP contribution in [0.15, 0.2) is 45.9 Å². The van der Waals surface area contributed by atoms with Gasteiger partial charge in [0.15, 0.2) is 0 Å². The predicted molar refractivity (Wildman–Crippen MR) is 91.2 cm³/mol. The quantitative estimate of drug-likeness (QED) is 0.832. The number of amides is 1. The first-order chi connectivity index (χ1) is 11.4. The molecule has 130 valence electrons. The second kappa shape index (κ2) is 7.63. The molecule has 1 heterocycles. The predicted octanol–water partition coefficient (Wildman–Crippen LogP) is 2.55. The summed E-state index contributed by atoms with van der Waals surface area (Å²) in [6.45, 7) is 6.48. The standard InChI is InChI=1S/C17H22N2O4S/c1-4-19(5-2)24(21,22)16-8-6-7-14(11-16)17(20)18-12-15-9-10-23-13(15)3/h6-11H,4-5,12H2,1-3H3,(H,18,20). The number of furan rings is 1. The van der Waals surface area contributed by atoms with Gasteiger partial charge in [0.2, 0.25) is 10.0 Å². The van der Waals surface area contributed by atoms with E-state index in [1.807, 2.05) is 6.92 Å². The molecular weight excluding hydrogens is 328 g/mol. The fourth-order valence-corrected chi connectivity index (χ4v) is 3.89. The third-order valence-electron chi connectivity index (χ3n) is 3.85. The molecule has 2 rings (SSSR count). The van der Waals surface area contributed by atoms with Gasteiger partial charge in [-0.1, -0.05) is 19.9 Å². The minimum atomic E-state index is -3.58. The number of benzene rings is 1. The Kier molecular flexibility index (Phi) is 5.80. The summed E-state index contributed by atoms with van der Waals surface area (Å²) in [7, 11) is -3.58. The molecule has 1 aromatic heterocycles. The van der Waals surface area contributed by atoms with Crippen LogP contribution in [-0.2, 0) is 16.6 Å². The number of carbonyl (C=O) groups is 1. The number of nitrogens with one attached hydrogen (secondary N) is 1. The van der Waals surface area contributed by atoms with E-state index in [1.54, 1.807) is 38.3 Å². The molecule has 0 saturated heterocycles. The molecule has 0 aliphatic heterocycles. The zero-order valence-corrected chi connectivity index (χ0v) is 14.9. The van der Waals surface area contributed by atoms with Crippen molar-refractivity contribution in [2.24, 2.45) is 0 Å². The monoisotopic (exact) mass is 350 g/mol. The Balaban J connectivity index is 2.18. The molecule has 7 heteroatoms. The largest absolute Gasteiger partial charge is 0.469 e. The van der Waals surface area contributed by atoms with Gasteiger partial charge in [0, 0.05) is 30.8 Å². The summed E-state index contributed by atoms with van der Waals surface area (Å²) in [6, 6.07) is 7.87. The first-order valence-corrected chi connectivity index (χ1v) is 9.25. The summed E-state index contributed by atoms with van der Waals surface area (Å²) in [4.78, 5) is 12.4. The number of aryl methyl sites for hydroxylation is 1. The van der Waals surface area contributed by atoms with Crippen LogP contribution in [0.3, 0.4) is 0 Å². The van der Waals surface area contributed by atoms with E-state index in [4.69, 9.17) is 4.42 Å². The second-order valence-electron chi connectivity index (χ2n) is 5.30. The molecule has 6 nitrogen and oxygen atoms in total. The Morgan fingerprint density at radius 1 is 1.21 bits per heavy atom. The maximum absolute atomic E-state index is 12.5. The summed E-state index contributed by atoms with van der Waals surface area (Å²) in [5.41, 5.74) is 1.19. The first-order valence-electron chi connectivity index (χ1n) is 7.81. The summed E-state index contributed by atoms with van der Waals surface area (Å²) in [5, 5.41) is 2.77. The molecule has 1 aromatic carbocycles. The second-order valence-corrected chi connectivity index (χ2v) is 7.24. The van der Waals surface area contributed by atoms with E-state index in [0.29, 0.717) is 25.2 Å². The molecule has 0 bridgehead atoms. The van der Waals surface area contributed by atoms with Crippen LogP contribution < -0.4 is 5.32 Å². The average molecular weight is 350 g/mol. The zero-order chi connectivity index (χ0) is 17.7. The van der Waals surface area contributed by atoms with E-state index in [2.05, 4.69) is 5.32 Å². The van der Waals surface area contributed by atoms with Gasteiger partial charge in [-0.3, -0.25) is 4.79 Å². The molecule has 24 heavy (non-hydrogen) atoms. The number of hydrogen-bond donors (Lipinski definition) is 1. The van der Waals surface area contributed by atoms with Crippen LogP contribution in [0.5, 0.6) is 0 Å². The van der Waals surface area contributed by atoms with Crippen molar-refractivity contribution in [3.8, 4) is 0 Å². The van der Waals surface area contributed by atoms with Crippen LogP contribution in [0.4, 0.5) is 0 Å². The molecule has 1 N–H and O–H groups in total. The highest BCUT2D eigenvalue weighted by Crippen LogP contribution is 2.17. The molecule has 0 aliphatic rings. The Morgan fingerprint density at radius 2 is 1.92 bits per heavy atom. The molecular formula is C17H22N2O4S. The molecule has 0 radical (unpaired) electrons. The topological polar surface area (TPSA) is 79.6 Å². The lowest BCUT2D eigenvalue weighted by Gasteiger charge is -2.18. The van der Waals surface area contributed by atoms with Crippen molar-refractivity contribution >= 4 is 15.9 Å². The lowest BCUT2D eigenvalue weighted by atomic mass is 10.2. The summed E-state index contributed by atoms with van der Waals surface area (Å²) >= 11 is 0. The first kappa shape index (κ1) is 18.2. The molecule has 0 unspecified atom stereocenters. The highest BCUT2D eigenvalue weighted by molar-refractivity contribution is 7.89. The van der Waals surface area contributed by atoms with E-state index in [1.165, 1.54) is 16.4 Å². The molecule has 0 saturated carbocycles. The van der Waals surface area contributed by atoms with E-state index in [-0.39, 0.29) is 10.8 Å². The highest BCUT2D eigenvalue weighted by Gasteiger charge is 2.22. The van der Waals surface area contributed by atoms with Gasteiger partial charge in [-0.05, 0) is 31.2 Å². The lowest BCUT2D eigenvalue weighted by molar-refractivity contribution is 0.0950. The Hall–Kier alpha value is -2.12. The van der Waals surface area contributed by atoms with Gasteiger partial charge in [-0.25, -0.2) is 8.42 Å². The average Bonchev–Trinajstić information content (AvgIpc) is 2.98. The fourth-order valence-electron chi connectivity index (χ4n) is 2.38. The normalized spacial score (nSPS) is 11.7. The van der Waals surface area contributed by atoms with Gasteiger partial charge in [-0.2, -0.15) is 4.31 Å². The van der Waals surface area contributed by atoms with Gasteiger partial charge in [0.25, 0.3) is 5.91 Å². The van der Waals surface area contributed by atoms with E-state index in [0.717, 1.165) is 11.3 Å². The van der Waals surface area contributed by atoms with E-state index >= 15 is 0 Å². The van der Waals surface area contributed by atoms with Crippen molar-refractivity contribution in [3.05, 3.63) is 53.5 Å². The Morgan fingerprint density at radius 3 is 2.50 bits per heavy atom. The maximum atomic E-state index is 12.5. The van der Waals surface area contributed by atoms with Crippen molar-refractivity contribution in [2.45, 2.75) is 32.2 Å². The minimum Gasteiger partial charge on any atom is -0.469 e. The van der Waals surface area contributed by atoms with Gasteiger partial charge in [-0.15, -0.1) is 0 Å². The van der Waals surface area contributed by atoms with Crippen molar-refractivity contribution < 1.29 is 17.6 Å². The summed E-state index contributed by atoms with van der Waals surface area (Å²) < 4.78 is 31.6. The number of sulfonamides is 1. The van der Waals surface area contributed by atoms with E-state index < -0.39 is 10.0 Å². The SMILES string of the molecule is CCN(CC)S(=O)(=O)c1cccc(C(=O)NCc2ccoc2C)c1. The van der Waals surface area contributed by atoms with Crippen LogP contribution in [0.1, 0.15) is 35.5 Å². The van der Waals surface area contributed by atoms with Gasteiger partial charge >= 0.3 is 0 Å². The van der Waals surface area contributed by atoms with Crippen LogP contribution in [0, 0.1) is 6.92 Å². The van der Waals surface area contributed by atoms with Crippen molar-refractivity contribution in [3.63, 3.8) is 0 Å². The van der Waals surface area contributed by atoms with Crippen LogP contribution in [0.2, 0.25) is 0 Å². The summed E-state index contributed by atoms with van der Waals surface area (Å²) in [5.74, 6) is 0.417. The number of hydrogen-bond acceptors (Lipinski definition) is 4. The number of rotatable bonds is 7. The summed E-state index contributed by atoms with van der Waals surface area (Å²) in [6.07, 6.45) is 1.56. The molecule has 1 amide bonds. The molecule has 0 spiro atoms. The smallest absolute Gasteiger partial charge is 0.251 e. The van der Waals surface area contributed by atoms with Gasteiger partial charge < -0.3 is 9.73 Å². The van der Waals surface area contributed by atoms with Gasteiger partial charge in [0.1, 0.15) is 5.76 Å². The number of carbonyl (C=O) groups excluding carboxylic acids is 1. The molecule has 0 fully saturated rings. The lowest BCUT2D eigenvalue weighted by Crippen LogP contribution is -2.31. The Labute approximate surface area is 142 Å².